The Bertz CT molecular complexity index is 813. The lowest BCUT2D eigenvalue weighted by Gasteiger charge is -2.24. The topological polar surface area (TPSA) is 222 Å². The highest BCUT2D eigenvalue weighted by Gasteiger charge is 2.30. The first-order chi connectivity index (χ1) is 15.0. The number of carboxylic acids is 1. The number of aliphatic carboxylic acids is 1. The van der Waals surface area contributed by atoms with E-state index in [9.17, 15) is 29.1 Å². The summed E-state index contributed by atoms with van der Waals surface area (Å²) in [6.45, 7) is 5.12. The molecule has 0 spiro atoms. The molecule has 0 radical (unpaired) electrons. The van der Waals surface area contributed by atoms with Crippen molar-refractivity contribution in [3.8, 4) is 0 Å². The van der Waals surface area contributed by atoms with Crippen molar-refractivity contribution in [1.82, 2.24) is 25.9 Å². The van der Waals surface area contributed by atoms with Crippen LogP contribution in [0.3, 0.4) is 0 Å². The molecule has 1 heterocycles. The Labute approximate surface area is 185 Å². The van der Waals surface area contributed by atoms with E-state index in [1.165, 1.54) is 19.4 Å². The van der Waals surface area contributed by atoms with E-state index in [1.54, 1.807) is 0 Å². The van der Waals surface area contributed by atoms with Crippen molar-refractivity contribution in [2.45, 2.75) is 64.2 Å². The highest BCUT2D eigenvalue weighted by atomic mass is 16.4. The number of H-pyrrole nitrogens is 1. The molecule has 1 aromatic rings. The third-order valence-corrected chi connectivity index (χ3v) is 4.94. The predicted molar refractivity (Wildman–Crippen MR) is 113 cm³/mol. The molecule has 5 unspecified atom stereocenters. The number of nitrogens with two attached hydrogens (primary N) is 2. The molecule has 1 aromatic heterocycles. The fourth-order valence-corrected chi connectivity index (χ4v) is 2.68. The van der Waals surface area contributed by atoms with Gasteiger partial charge in [-0.15, -0.1) is 0 Å². The molecule has 0 aliphatic rings. The Morgan fingerprint density at radius 3 is 2.19 bits per heavy atom. The van der Waals surface area contributed by atoms with Crippen molar-refractivity contribution in [3.05, 3.63) is 18.2 Å². The first kappa shape index (κ1) is 26.6. The summed E-state index contributed by atoms with van der Waals surface area (Å²) in [4.78, 5) is 66.6. The number of hydrogen-bond donors (Lipinski definition) is 7. The Morgan fingerprint density at radius 1 is 1.06 bits per heavy atom. The van der Waals surface area contributed by atoms with Gasteiger partial charge in [0.2, 0.25) is 23.6 Å². The zero-order valence-electron chi connectivity index (χ0n) is 18.3. The van der Waals surface area contributed by atoms with Crippen LogP contribution in [-0.2, 0) is 30.4 Å². The predicted octanol–water partition coefficient (Wildman–Crippen LogP) is -2.24. The van der Waals surface area contributed by atoms with Gasteiger partial charge < -0.3 is 37.5 Å². The van der Waals surface area contributed by atoms with Crippen LogP contribution < -0.4 is 27.4 Å². The summed E-state index contributed by atoms with van der Waals surface area (Å²) < 4.78 is 0. The minimum Gasteiger partial charge on any atom is -0.480 e. The summed E-state index contributed by atoms with van der Waals surface area (Å²) in [7, 11) is 0. The zero-order valence-corrected chi connectivity index (χ0v) is 18.3. The number of nitrogens with one attached hydrogen (secondary N) is 4. The number of imidazole rings is 1. The van der Waals surface area contributed by atoms with Gasteiger partial charge in [0, 0.05) is 18.3 Å². The van der Waals surface area contributed by atoms with E-state index in [0.717, 1.165) is 0 Å². The Balaban J connectivity index is 2.90. The molecule has 13 nitrogen and oxygen atoms in total. The molecular formula is C19H31N7O6. The minimum absolute atomic E-state index is 0.0481. The fourth-order valence-electron chi connectivity index (χ4n) is 2.68. The molecule has 0 bridgehead atoms. The number of carboxylic acid groups (broad SMARTS) is 1. The molecule has 13 heteroatoms. The second-order valence-corrected chi connectivity index (χ2v) is 7.55. The normalized spacial score (nSPS) is 15.5. The van der Waals surface area contributed by atoms with Gasteiger partial charge in [0.05, 0.1) is 18.8 Å². The molecule has 1 rings (SSSR count). The number of aromatic nitrogens is 2. The van der Waals surface area contributed by atoms with Gasteiger partial charge in [-0.1, -0.05) is 20.3 Å². The largest absolute Gasteiger partial charge is 0.480 e. The van der Waals surface area contributed by atoms with E-state index >= 15 is 0 Å². The van der Waals surface area contributed by atoms with Crippen LogP contribution in [0.4, 0.5) is 0 Å². The smallest absolute Gasteiger partial charge is 0.326 e. The average Bonchev–Trinajstić information content (AvgIpc) is 3.23. The van der Waals surface area contributed by atoms with E-state index in [2.05, 4.69) is 25.9 Å². The van der Waals surface area contributed by atoms with Crippen LogP contribution in [0.25, 0.3) is 0 Å². The van der Waals surface area contributed by atoms with Gasteiger partial charge in [-0.3, -0.25) is 19.2 Å². The van der Waals surface area contributed by atoms with Crippen LogP contribution >= 0.6 is 0 Å². The molecule has 4 amide bonds. The van der Waals surface area contributed by atoms with Gasteiger partial charge in [-0.05, 0) is 12.8 Å². The summed E-state index contributed by atoms with van der Waals surface area (Å²) >= 11 is 0. The van der Waals surface area contributed by atoms with E-state index < -0.39 is 60.2 Å². The summed E-state index contributed by atoms with van der Waals surface area (Å²) in [5, 5.41) is 16.4. The number of nitrogens with zero attached hydrogens (tertiary/aromatic N) is 1. The van der Waals surface area contributed by atoms with E-state index in [-0.39, 0.29) is 12.3 Å². The van der Waals surface area contributed by atoms with Crippen LogP contribution in [0.5, 0.6) is 0 Å². The standard InChI is InChI=1S/C19H31N7O6/c1-4-9(2)15(21)18(30)24-10(3)16(28)25-12(5-11-7-22-8-23-11)17(29)26-13(19(31)32)6-14(20)27/h7-10,12-13,15H,4-6,21H2,1-3H3,(H2,20,27)(H,22,23)(H,24,30)(H,25,28)(H,26,29)(H,31,32). The van der Waals surface area contributed by atoms with Crippen LogP contribution in [0.1, 0.15) is 39.3 Å². The summed E-state index contributed by atoms with van der Waals surface area (Å²) in [5.41, 5.74) is 11.4. The third kappa shape index (κ3) is 8.34. The maximum absolute atomic E-state index is 12.7. The molecule has 0 saturated heterocycles. The third-order valence-electron chi connectivity index (χ3n) is 4.94. The number of aromatic amines is 1. The van der Waals surface area contributed by atoms with Crippen molar-refractivity contribution in [2.24, 2.45) is 17.4 Å². The molecule has 32 heavy (non-hydrogen) atoms. The minimum atomic E-state index is -1.56. The molecule has 0 aromatic carbocycles. The summed E-state index contributed by atoms with van der Waals surface area (Å²) in [6.07, 6.45) is 2.82. The average molecular weight is 454 g/mol. The van der Waals surface area contributed by atoms with Gasteiger partial charge in [0.25, 0.3) is 0 Å². The molecule has 178 valence electrons. The Hall–Kier alpha value is -3.48. The van der Waals surface area contributed by atoms with Crippen molar-refractivity contribution >= 4 is 29.6 Å². The van der Waals surface area contributed by atoms with Crippen molar-refractivity contribution in [3.63, 3.8) is 0 Å². The fraction of sp³-hybridized carbons (Fsp3) is 0.579. The van der Waals surface area contributed by atoms with Crippen LogP contribution in [0, 0.1) is 5.92 Å². The van der Waals surface area contributed by atoms with Crippen molar-refractivity contribution in [1.29, 1.82) is 0 Å². The van der Waals surface area contributed by atoms with Crippen LogP contribution in [-0.4, -0.2) is 68.8 Å². The van der Waals surface area contributed by atoms with Crippen LogP contribution in [0.15, 0.2) is 12.5 Å². The van der Waals surface area contributed by atoms with Crippen molar-refractivity contribution in [2.75, 3.05) is 0 Å². The Kier molecular flexibility index (Phi) is 10.3. The maximum Gasteiger partial charge on any atom is 0.326 e. The van der Waals surface area contributed by atoms with Gasteiger partial charge in [-0.2, -0.15) is 0 Å². The van der Waals surface area contributed by atoms with E-state index in [4.69, 9.17) is 11.5 Å². The molecule has 0 saturated carbocycles. The first-order valence-corrected chi connectivity index (χ1v) is 10.1. The molecule has 0 fully saturated rings. The SMILES string of the molecule is CCC(C)C(N)C(=O)NC(C)C(=O)NC(Cc1cnc[nH]1)C(=O)NC(CC(N)=O)C(=O)O. The number of carbonyl (C=O) groups excluding carboxylic acids is 4. The van der Waals surface area contributed by atoms with E-state index in [0.29, 0.717) is 12.1 Å². The highest BCUT2D eigenvalue weighted by Crippen LogP contribution is 2.06. The van der Waals surface area contributed by atoms with Gasteiger partial charge in [-0.25, -0.2) is 9.78 Å². The van der Waals surface area contributed by atoms with E-state index in [1.807, 2.05) is 13.8 Å². The second-order valence-electron chi connectivity index (χ2n) is 7.55. The van der Waals surface area contributed by atoms with Gasteiger partial charge in [0.15, 0.2) is 0 Å². The first-order valence-electron chi connectivity index (χ1n) is 10.1. The lowest BCUT2D eigenvalue weighted by molar-refractivity contribution is -0.143. The lowest BCUT2D eigenvalue weighted by atomic mass is 9.99. The zero-order chi connectivity index (χ0) is 24.4. The number of amides is 4. The molecule has 5 atom stereocenters. The quantitative estimate of drug-likeness (QED) is 0.172. The number of carbonyl (C=O) groups is 5. The molecular weight excluding hydrogens is 422 g/mol. The number of rotatable bonds is 13. The monoisotopic (exact) mass is 453 g/mol. The maximum atomic E-state index is 12.7. The summed E-state index contributed by atoms with van der Waals surface area (Å²) in [6, 6.07) is -4.60. The lowest BCUT2D eigenvalue weighted by Crippen LogP contribution is -2.57. The second kappa shape index (κ2) is 12.4. The molecule has 0 aliphatic heterocycles. The highest BCUT2D eigenvalue weighted by molar-refractivity contribution is 5.94. The number of hydrogen-bond acceptors (Lipinski definition) is 7. The molecule has 0 aliphatic carbocycles. The number of primary amides is 1. The molecule has 9 N–H and O–H groups in total. The van der Waals surface area contributed by atoms with Gasteiger partial charge >= 0.3 is 5.97 Å². The summed E-state index contributed by atoms with van der Waals surface area (Å²) in [5.74, 6) is -4.51. The Morgan fingerprint density at radius 2 is 1.69 bits per heavy atom. The van der Waals surface area contributed by atoms with Gasteiger partial charge in [0.1, 0.15) is 18.1 Å². The van der Waals surface area contributed by atoms with Crippen LogP contribution in [0.2, 0.25) is 0 Å². The van der Waals surface area contributed by atoms with Crippen molar-refractivity contribution < 1.29 is 29.1 Å².